The van der Waals surface area contributed by atoms with Gasteiger partial charge < -0.3 is 0 Å². The molecule has 0 aliphatic rings. The second kappa shape index (κ2) is 5.51. The Labute approximate surface area is 109 Å². The van der Waals surface area contributed by atoms with Crippen LogP contribution in [0.25, 0.3) is 0 Å². The van der Waals surface area contributed by atoms with Gasteiger partial charge in [-0.05, 0) is 31.9 Å². The van der Waals surface area contributed by atoms with Gasteiger partial charge in [0.1, 0.15) is 5.54 Å². The molecule has 4 nitrogen and oxygen atoms in total. The Balaban J connectivity index is 3.09. The first-order valence-electron chi connectivity index (χ1n) is 5.91. The van der Waals surface area contributed by atoms with Gasteiger partial charge in [0.15, 0.2) is 0 Å². The molecule has 0 saturated carbocycles. The standard InChI is InChI=1S/C13H18N2O2S/c1-4-13(5-2,10-14)15-18(16,17)12-8-6-11(3)7-9-12/h6-9,15H,4-5H2,1-3H3. The molecule has 0 saturated heterocycles. The Morgan fingerprint density at radius 2 is 1.72 bits per heavy atom. The maximum atomic E-state index is 12.2. The maximum Gasteiger partial charge on any atom is 0.241 e. The van der Waals surface area contributed by atoms with Crippen LogP contribution in [-0.2, 0) is 10.0 Å². The highest BCUT2D eigenvalue weighted by Gasteiger charge is 2.31. The third kappa shape index (κ3) is 3.09. The van der Waals surface area contributed by atoms with Crippen molar-refractivity contribution < 1.29 is 8.42 Å². The van der Waals surface area contributed by atoms with Gasteiger partial charge in [-0.15, -0.1) is 0 Å². The maximum absolute atomic E-state index is 12.2. The molecule has 0 aliphatic carbocycles. The largest absolute Gasteiger partial charge is 0.241 e. The number of hydrogen-bond acceptors (Lipinski definition) is 3. The third-order valence-corrected chi connectivity index (χ3v) is 4.63. The Bertz CT molecular complexity index is 537. The lowest BCUT2D eigenvalue weighted by atomic mass is 9.97. The highest BCUT2D eigenvalue weighted by molar-refractivity contribution is 7.89. The molecule has 0 aromatic heterocycles. The number of aryl methyl sites for hydroxylation is 1. The monoisotopic (exact) mass is 266 g/mol. The van der Waals surface area contributed by atoms with Crippen LogP contribution in [0.2, 0.25) is 0 Å². The van der Waals surface area contributed by atoms with Gasteiger partial charge in [0, 0.05) is 0 Å². The van der Waals surface area contributed by atoms with Crippen molar-refractivity contribution >= 4 is 10.0 Å². The van der Waals surface area contributed by atoms with E-state index in [0.717, 1.165) is 5.56 Å². The van der Waals surface area contributed by atoms with E-state index in [-0.39, 0.29) is 4.90 Å². The van der Waals surface area contributed by atoms with E-state index >= 15 is 0 Å². The first-order chi connectivity index (χ1) is 8.39. The minimum Gasteiger partial charge on any atom is -0.207 e. The molecule has 1 rings (SSSR count). The van der Waals surface area contributed by atoms with Crippen LogP contribution >= 0.6 is 0 Å². The fraction of sp³-hybridized carbons (Fsp3) is 0.462. The van der Waals surface area contributed by atoms with E-state index in [4.69, 9.17) is 5.26 Å². The predicted octanol–water partition coefficient (Wildman–Crippen LogP) is 2.36. The minimum absolute atomic E-state index is 0.189. The number of sulfonamides is 1. The highest BCUT2D eigenvalue weighted by atomic mass is 32.2. The molecule has 1 aromatic carbocycles. The van der Waals surface area contributed by atoms with Crippen LogP contribution < -0.4 is 4.72 Å². The second-order valence-electron chi connectivity index (χ2n) is 4.32. The molecular formula is C13H18N2O2S. The van der Waals surface area contributed by atoms with E-state index in [2.05, 4.69) is 10.8 Å². The summed E-state index contributed by atoms with van der Waals surface area (Å²) >= 11 is 0. The summed E-state index contributed by atoms with van der Waals surface area (Å²) in [6.45, 7) is 5.48. The lowest BCUT2D eigenvalue weighted by molar-refractivity contribution is 0.446. The van der Waals surface area contributed by atoms with Gasteiger partial charge in [0.2, 0.25) is 10.0 Å². The molecule has 0 atom stereocenters. The van der Waals surface area contributed by atoms with Gasteiger partial charge in [0.05, 0.1) is 11.0 Å². The first-order valence-corrected chi connectivity index (χ1v) is 7.39. The summed E-state index contributed by atoms with van der Waals surface area (Å²) in [5.74, 6) is 0. The molecule has 18 heavy (non-hydrogen) atoms. The number of nitrogens with zero attached hydrogens (tertiary/aromatic N) is 1. The molecule has 0 radical (unpaired) electrons. The first kappa shape index (κ1) is 14.7. The van der Waals surface area contributed by atoms with Gasteiger partial charge in [-0.25, -0.2) is 8.42 Å². The number of nitriles is 1. The summed E-state index contributed by atoms with van der Waals surface area (Å²) in [7, 11) is -3.64. The molecule has 0 unspecified atom stereocenters. The van der Waals surface area contributed by atoms with Crippen LogP contribution in [0.3, 0.4) is 0 Å². The average molecular weight is 266 g/mol. The summed E-state index contributed by atoms with van der Waals surface area (Å²) in [6, 6.07) is 8.63. The zero-order valence-corrected chi connectivity index (χ0v) is 11.7. The molecule has 1 N–H and O–H groups in total. The number of hydrogen-bond donors (Lipinski definition) is 1. The summed E-state index contributed by atoms with van der Waals surface area (Å²) in [6.07, 6.45) is 0.871. The van der Waals surface area contributed by atoms with E-state index in [0.29, 0.717) is 12.8 Å². The normalized spacial score (nSPS) is 12.1. The van der Waals surface area contributed by atoms with E-state index in [1.54, 1.807) is 38.1 Å². The number of nitrogens with one attached hydrogen (secondary N) is 1. The predicted molar refractivity (Wildman–Crippen MR) is 70.4 cm³/mol. The molecule has 98 valence electrons. The van der Waals surface area contributed by atoms with Crippen LogP contribution in [0.15, 0.2) is 29.2 Å². The lowest BCUT2D eigenvalue weighted by Crippen LogP contribution is -2.46. The lowest BCUT2D eigenvalue weighted by Gasteiger charge is -2.24. The van der Waals surface area contributed by atoms with E-state index in [1.807, 2.05) is 6.92 Å². The van der Waals surface area contributed by atoms with Crippen molar-refractivity contribution in [2.45, 2.75) is 44.0 Å². The number of benzene rings is 1. The molecular weight excluding hydrogens is 248 g/mol. The third-order valence-electron chi connectivity index (χ3n) is 3.08. The summed E-state index contributed by atoms with van der Waals surface area (Å²) in [5, 5.41) is 9.15. The molecule has 0 bridgehead atoms. The number of rotatable bonds is 5. The van der Waals surface area contributed by atoms with Crippen LogP contribution in [0, 0.1) is 18.3 Å². The van der Waals surface area contributed by atoms with Crippen LogP contribution in [0.5, 0.6) is 0 Å². The molecule has 0 spiro atoms. The molecule has 1 aromatic rings. The van der Waals surface area contributed by atoms with Crippen molar-refractivity contribution in [3.8, 4) is 6.07 Å². The van der Waals surface area contributed by atoms with Crippen molar-refractivity contribution in [2.75, 3.05) is 0 Å². The van der Waals surface area contributed by atoms with Gasteiger partial charge in [-0.3, -0.25) is 0 Å². The van der Waals surface area contributed by atoms with Gasteiger partial charge in [0.25, 0.3) is 0 Å². The van der Waals surface area contributed by atoms with Crippen molar-refractivity contribution in [1.82, 2.24) is 4.72 Å². The fourth-order valence-corrected chi connectivity index (χ4v) is 3.07. The average Bonchev–Trinajstić information content (AvgIpc) is 2.37. The second-order valence-corrected chi connectivity index (χ2v) is 6.00. The van der Waals surface area contributed by atoms with Crippen molar-refractivity contribution in [2.24, 2.45) is 0 Å². The minimum atomic E-state index is -3.64. The molecule has 0 heterocycles. The van der Waals surface area contributed by atoms with Crippen LogP contribution in [-0.4, -0.2) is 14.0 Å². The summed E-state index contributed by atoms with van der Waals surface area (Å²) in [4.78, 5) is 0.189. The summed E-state index contributed by atoms with van der Waals surface area (Å²) < 4.78 is 26.8. The van der Waals surface area contributed by atoms with E-state index in [1.165, 1.54) is 0 Å². The zero-order valence-electron chi connectivity index (χ0n) is 10.9. The molecule has 0 fully saturated rings. The van der Waals surface area contributed by atoms with Crippen LogP contribution in [0.1, 0.15) is 32.3 Å². The van der Waals surface area contributed by atoms with Crippen molar-refractivity contribution in [1.29, 1.82) is 5.26 Å². The van der Waals surface area contributed by atoms with Crippen molar-refractivity contribution in [3.63, 3.8) is 0 Å². The molecule has 0 aliphatic heterocycles. The fourth-order valence-electron chi connectivity index (χ4n) is 1.61. The van der Waals surface area contributed by atoms with E-state index < -0.39 is 15.6 Å². The van der Waals surface area contributed by atoms with Crippen LogP contribution in [0.4, 0.5) is 0 Å². The van der Waals surface area contributed by atoms with Gasteiger partial charge in [-0.2, -0.15) is 9.98 Å². The quantitative estimate of drug-likeness (QED) is 0.889. The van der Waals surface area contributed by atoms with E-state index in [9.17, 15) is 8.42 Å². The van der Waals surface area contributed by atoms with Gasteiger partial charge in [-0.1, -0.05) is 31.5 Å². The molecule has 5 heteroatoms. The van der Waals surface area contributed by atoms with Crippen molar-refractivity contribution in [3.05, 3.63) is 29.8 Å². The Hall–Kier alpha value is -1.38. The zero-order chi connectivity index (χ0) is 13.8. The summed E-state index contributed by atoms with van der Waals surface area (Å²) in [5.41, 5.74) is -0.0320. The SMILES string of the molecule is CCC(C#N)(CC)NS(=O)(=O)c1ccc(C)cc1. The Kier molecular flexibility index (Phi) is 4.49. The topological polar surface area (TPSA) is 70.0 Å². The van der Waals surface area contributed by atoms with Gasteiger partial charge >= 0.3 is 0 Å². The smallest absolute Gasteiger partial charge is 0.207 e. The Morgan fingerprint density at radius 3 is 2.11 bits per heavy atom. The molecule has 0 amide bonds. The Morgan fingerprint density at radius 1 is 1.22 bits per heavy atom. The highest BCUT2D eigenvalue weighted by Crippen LogP contribution is 2.19.